The van der Waals surface area contributed by atoms with Gasteiger partial charge in [0.1, 0.15) is 0 Å². The number of nitrogens with two attached hydrogens (primary N) is 1. The van der Waals surface area contributed by atoms with Crippen LogP contribution >= 0.6 is 0 Å². The summed E-state index contributed by atoms with van der Waals surface area (Å²) in [6, 6.07) is 8.97. The molecule has 14 heavy (non-hydrogen) atoms. The molecule has 2 heteroatoms. The first-order valence-corrected chi connectivity index (χ1v) is 5.31. The molecule has 0 aliphatic carbocycles. The van der Waals surface area contributed by atoms with E-state index >= 15 is 0 Å². The molecule has 0 aromatic heterocycles. The molecule has 1 fully saturated rings. The zero-order valence-corrected chi connectivity index (χ0v) is 8.74. The summed E-state index contributed by atoms with van der Waals surface area (Å²) in [5.74, 6) is 0. The van der Waals surface area contributed by atoms with Crippen LogP contribution in [0.1, 0.15) is 18.4 Å². The van der Waals surface area contributed by atoms with Gasteiger partial charge in [0.2, 0.25) is 0 Å². The Hall–Kier alpha value is -1.02. The summed E-state index contributed by atoms with van der Waals surface area (Å²) in [6.07, 6.45) is 3.70. The van der Waals surface area contributed by atoms with Gasteiger partial charge in [0.15, 0.2) is 0 Å². The van der Waals surface area contributed by atoms with E-state index in [0.717, 1.165) is 18.2 Å². The zero-order chi connectivity index (χ0) is 9.97. The predicted molar refractivity (Wildman–Crippen MR) is 60.2 cm³/mol. The second-order valence-corrected chi connectivity index (χ2v) is 4.16. The Labute approximate surface area is 85.7 Å². The van der Waals surface area contributed by atoms with E-state index in [1.807, 2.05) is 12.1 Å². The van der Waals surface area contributed by atoms with Crippen LogP contribution < -0.4 is 5.73 Å². The third kappa shape index (κ3) is 1.90. The molecule has 1 aliphatic heterocycles. The number of nitrogens with zero attached hydrogens (tertiary/aromatic N) is 1. The highest BCUT2D eigenvalue weighted by Gasteiger charge is 2.23. The molecule has 0 amide bonds. The Morgan fingerprint density at radius 1 is 1.43 bits per heavy atom. The van der Waals surface area contributed by atoms with Gasteiger partial charge in [0.05, 0.1) is 0 Å². The first kappa shape index (κ1) is 9.53. The summed E-state index contributed by atoms with van der Waals surface area (Å²) in [5, 5.41) is 0. The maximum Gasteiger partial charge on any atom is 0.0346 e. The second kappa shape index (κ2) is 4.01. The van der Waals surface area contributed by atoms with Crippen LogP contribution in [0, 0.1) is 0 Å². The molecule has 1 aliphatic rings. The molecule has 0 radical (unpaired) electrons. The van der Waals surface area contributed by atoms with Gasteiger partial charge in [-0.2, -0.15) is 0 Å². The van der Waals surface area contributed by atoms with Crippen LogP contribution in [-0.2, 0) is 6.42 Å². The van der Waals surface area contributed by atoms with Crippen LogP contribution in [0.25, 0.3) is 0 Å². The van der Waals surface area contributed by atoms with E-state index in [9.17, 15) is 0 Å². The minimum atomic E-state index is 0.787. The predicted octanol–water partition coefficient (Wildman–Crippen LogP) is 1.91. The fourth-order valence-electron chi connectivity index (χ4n) is 2.02. The molecule has 1 unspecified atom stereocenters. The van der Waals surface area contributed by atoms with E-state index in [-0.39, 0.29) is 0 Å². The lowest BCUT2D eigenvalue weighted by Crippen LogP contribution is -2.44. The number of hydrogen-bond acceptors (Lipinski definition) is 2. The van der Waals surface area contributed by atoms with Crippen molar-refractivity contribution in [1.29, 1.82) is 0 Å². The molecule has 1 atom stereocenters. The number of nitrogen functional groups attached to an aromatic ring is 1. The number of likely N-dealkylation sites (tertiary alicyclic amines) is 1. The molecular weight excluding hydrogens is 172 g/mol. The Bertz CT molecular complexity index is 309. The quantitative estimate of drug-likeness (QED) is 0.738. The van der Waals surface area contributed by atoms with Crippen molar-refractivity contribution in [2.24, 2.45) is 0 Å². The largest absolute Gasteiger partial charge is 0.399 e. The maximum atomic E-state index is 5.89. The van der Waals surface area contributed by atoms with Crippen molar-refractivity contribution in [3.8, 4) is 0 Å². The molecule has 1 heterocycles. The van der Waals surface area contributed by atoms with Crippen molar-refractivity contribution in [1.82, 2.24) is 4.90 Å². The number of aryl methyl sites for hydroxylation is 1. The van der Waals surface area contributed by atoms with Gasteiger partial charge in [0.25, 0.3) is 0 Å². The van der Waals surface area contributed by atoms with Gasteiger partial charge in [-0.3, -0.25) is 0 Å². The molecule has 2 rings (SSSR count). The Balaban J connectivity index is 1.88. The molecule has 1 aromatic carbocycles. The van der Waals surface area contributed by atoms with Crippen molar-refractivity contribution in [3.05, 3.63) is 29.8 Å². The van der Waals surface area contributed by atoms with E-state index in [0.29, 0.717) is 0 Å². The lowest BCUT2D eigenvalue weighted by atomic mass is 9.96. The van der Waals surface area contributed by atoms with Crippen molar-refractivity contribution in [2.75, 3.05) is 19.3 Å². The lowest BCUT2D eigenvalue weighted by molar-refractivity contribution is 0.119. The zero-order valence-electron chi connectivity index (χ0n) is 8.74. The molecule has 0 bridgehead atoms. The van der Waals surface area contributed by atoms with Crippen LogP contribution in [-0.4, -0.2) is 24.5 Å². The minimum Gasteiger partial charge on any atom is -0.399 e. The Morgan fingerprint density at radius 2 is 2.21 bits per heavy atom. The lowest BCUT2D eigenvalue weighted by Gasteiger charge is -2.38. The average Bonchev–Trinajstić information content (AvgIpc) is 2.19. The van der Waals surface area contributed by atoms with Crippen molar-refractivity contribution in [2.45, 2.75) is 25.3 Å². The number of hydrogen-bond donors (Lipinski definition) is 1. The maximum absolute atomic E-state index is 5.89. The molecule has 2 nitrogen and oxygen atoms in total. The Kier molecular flexibility index (Phi) is 2.73. The normalized spacial score (nSPS) is 21.9. The standard InChI is InChI=1S/C12H18N2/c1-14-9-8-11(14)7-6-10-4-2-3-5-12(10)13/h2-5,11H,6-9,13H2,1H3. The molecule has 0 spiro atoms. The monoisotopic (exact) mass is 190 g/mol. The molecule has 1 saturated heterocycles. The summed E-state index contributed by atoms with van der Waals surface area (Å²) in [7, 11) is 2.20. The van der Waals surface area contributed by atoms with Gasteiger partial charge in [0, 0.05) is 11.7 Å². The third-order valence-corrected chi connectivity index (χ3v) is 3.24. The van der Waals surface area contributed by atoms with E-state index in [4.69, 9.17) is 5.73 Å². The molecule has 0 saturated carbocycles. The molecule has 2 N–H and O–H groups in total. The van der Waals surface area contributed by atoms with Gasteiger partial charge >= 0.3 is 0 Å². The smallest absolute Gasteiger partial charge is 0.0346 e. The summed E-state index contributed by atoms with van der Waals surface area (Å²) in [6.45, 7) is 1.26. The van der Waals surface area contributed by atoms with Gasteiger partial charge in [-0.25, -0.2) is 0 Å². The van der Waals surface area contributed by atoms with Crippen LogP contribution in [0.4, 0.5) is 5.69 Å². The van der Waals surface area contributed by atoms with Crippen molar-refractivity contribution in [3.63, 3.8) is 0 Å². The number of anilines is 1. The molecule has 76 valence electrons. The first-order valence-electron chi connectivity index (χ1n) is 5.31. The minimum absolute atomic E-state index is 0.787. The van der Waals surface area contributed by atoms with Gasteiger partial charge < -0.3 is 10.6 Å². The highest BCUT2D eigenvalue weighted by atomic mass is 15.2. The average molecular weight is 190 g/mol. The topological polar surface area (TPSA) is 29.3 Å². The van der Waals surface area contributed by atoms with Crippen LogP contribution in [0.5, 0.6) is 0 Å². The number of para-hydroxylation sites is 1. The highest BCUT2D eigenvalue weighted by molar-refractivity contribution is 5.46. The van der Waals surface area contributed by atoms with Crippen LogP contribution in [0.2, 0.25) is 0 Å². The first-order chi connectivity index (χ1) is 6.77. The summed E-state index contributed by atoms with van der Waals surface area (Å²) in [4.78, 5) is 2.42. The summed E-state index contributed by atoms with van der Waals surface area (Å²) < 4.78 is 0. The van der Waals surface area contributed by atoms with Crippen LogP contribution in [0.15, 0.2) is 24.3 Å². The molecule has 1 aromatic rings. The second-order valence-electron chi connectivity index (χ2n) is 4.16. The number of rotatable bonds is 3. The molecular formula is C12H18N2. The van der Waals surface area contributed by atoms with Crippen molar-refractivity contribution >= 4 is 5.69 Å². The van der Waals surface area contributed by atoms with Gasteiger partial charge in [-0.15, -0.1) is 0 Å². The fraction of sp³-hybridized carbons (Fsp3) is 0.500. The SMILES string of the molecule is CN1CCC1CCc1ccccc1N. The highest BCUT2D eigenvalue weighted by Crippen LogP contribution is 2.21. The summed E-state index contributed by atoms with van der Waals surface area (Å²) in [5.41, 5.74) is 8.13. The summed E-state index contributed by atoms with van der Waals surface area (Å²) >= 11 is 0. The van der Waals surface area contributed by atoms with Crippen molar-refractivity contribution < 1.29 is 0 Å². The third-order valence-electron chi connectivity index (χ3n) is 3.24. The van der Waals surface area contributed by atoms with E-state index in [1.54, 1.807) is 0 Å². The van der Waals surface area contributed by atoms with Crippen LogP contribution in [0.3, 0.4) is 0 Å². The van der Waals surface area contributed by atoms with Gasteiger partial charge in [-0.1, -0.05) is 18.2 Å². The van der Waals surface area contributed by atoms with E-state index < -0.39 is 0 Å². The Morgan fingerprint density at radius 3 is 2.79 bits per heavy atom. The van der Waals surface area contributed by atoms with E-state index in [1.165, 1.54) is 24.9 Å². The van der Waals surface area contributed by atoms with Gasteiger partial charge in [-0.05, 0) is 44.5 Å². The number of benzene rings is 1. The van der Waals surface area contributed by atoms with E-state index in [2.05, 4.69) is 24.1 Å². The fourth-order valence-corrected chi connectivity index (χ4v) is 2.02.